The maximum atomic E-state index is 12.0. The number of hydrogen-bond donors (Lipinski definition) is 2. The van der Waals surface area contributed by atoms with Gasteiger partial charge in [0.2, 0.25) is 5.91 Å². The lowest BCUT2D eigenvalue weighted by Crippen LogP contribution is -2.53. The minimum absolute atomic E-state index is 0.193. The van der Waals surface area contributed by atoms with Gasteiger partial charge in [0.25, 0.3) is 0 Å². The molecule has 0 aromatic rings. The van der Waals surface area contributed by atoms with Gasteiger partial charge >= 0.3 is 0 Å². The molecule has 2 unspecified atom stereocenters. The predicted molar refractivity (Wildman–Crippen MR) is 70.5 cm³/mol. The Hall–Kier alpha value is -0.220. The van der Waals surface area contributed by atoms with Crippen molar-refractivity contribution in [2.75, 3.05) is 18.1 Å². The number of amides is 1. The second kappa shape index (κ2) is 5.92. The molecule has 0 radical (unpaired) electrons. The van der Waals surface area contributed by atoms with Crippen LogP contribution in [0.15, 0.2) is 0 Å². The molecule has 1 rings (SSSR count). The fourth-order valence-electron chi connectivity index (χ4n) is 2.23. The van der Waals surface area contributed by atoms with Crippen LogP contribution in [-0.2, 0) is 4.79 Å². The number of hydrogen-bond acceptors (Lipinski definition) is 3. The molecule has 2 atom stereocenters. The molecule has 1 aliphatic heterocycles. The van der Waals surface area contributed by atoms with Crippen molar-refractivity contribution in [3.8, 4) is 0 Å². The monoisotopic (exact) mass is 244 g/mol. The zero-order chi connectivity index (χ0) is 12.2. The topological polar surface area (TPSA) is 55.1 Å². The first-order chi connectivity index (χ1) is 7.47. The Labute approximate surface area is 103 Å². The fraction of sp³-hybridized carbons (Fsp3) is 0.917. The Kier molecular flexibility index (Phi) is 5.12. The molecule has 94 valence electrons. The maximum absolute atomic E-state index is 12.0. The number of nitrogens with two attached hydrogens (primary N) is 1. The van der Waals surface area contributed by atoms with E-state index in [-0.39, 0.29) is 17.4 Å². The van der Waals surface area contributed by atoms with Crippen LogP contribution in [0.5, 0.6) is 0 Å². The molecule has 1 amide bonds. The van der Waals surface area contributed by atoms with Crippen molar-refractivity contribution in [3.05, 3.63) is 0 Å². The number of thioether (sulfide) groups is 1. The smallest absolute Gasteiger partial charge is 0.224 e. The predicted octanol–water partition coefficient (Wildman–Crippen LogP) is 1.62. The molecule has 16 heavy (non-hydrogen) atoms. The molecular formula is C12H24N2OS. The molecule has 0 aromatic heterocycles. The van der Waals surface area contributed by atoms with E-state index in [1.54, 1.807) is 0 Å². The molecule has 0 aliphatic carbocycles. The van der Waals surface area contributed by atoms with E-state index in [0.29, 0.717) is 12.5 Å². The van der Waals surface area contributed by atoms with E-state index in [1.807, 2.05) is 18.7 Å². The van der Waals surface area contributed by atoms with Gasteiger partial charge in [0.15, 0.2) is 0 Å². The van der Waals surface area contributed by atoms with Gasteiger partial charge in [-0.2, -0.15) is 11.8 Å². The Bertz CT molecular complexity index is 239. The van der Waals surface area contributed by atoms with Crippen LogP contribution in [0, 0.1) is 11.8 Å². The van der Waals surface area contributed by atoms with Crippen molar-refractivity contribution >= 4 is 17.7 Å². The van der Waals surface area contributed by atoms with Gasteiger partial charge in [-0.3, -0.25) is 4.79 Å². The van der Waals surface area contributed by atoms with Crippen molar-refractivity contribution in [1.29, 1.82) is 0 Å². The molecule has 0 bridgehead atoms. The van der Waals surface area contributed by atoms with Crippen LogP contribution in [0.3, 0.4) is 0 Å². The SMILES string of the molecule is CC(C)CC(C)(CN)NC(=O)C1CCSC1. The van der Waals surface area contributed by atoms with Crippen molar-refractivity contribution in [1.82, 2.24) is 5.32 Å². The minimum Gasteiger partial charge on any atom is -0.349 e. The molecule has 3 nitrogen and oxygen atoms in total. The van der Waals surface area contributed by atoms with Crippen LogP contribution in [0.4, 0.5) is 0 Å². The van der Waals surface area contributed by atoms with Gasteiger partial charge in [0.1, 0.15) is 0 Å². The van der Waals surface area contributed by atoms with Crippen LogP contribution in [-0.4, -0.2) is 29.5 Å². The zero-order valence-corrected chi connectivity index (χ0v) is 11.4. The standard InChI is InChI=1S/C12H24N2OS/c1-9(2)6-12(3,8-13)14-11(15)10-4-5-16-7-10/h9-10H,4-8,13H2,1-3H3,(H,14,15). The average Bonchev–Trinajstić information content (AvgIpc) is 2.69. The Morgan fingerprint density at radius 2 is 2.31 bits per heavy atom. The lowest BCUT2D eigenvalue weighted by Gasteiger charge is -2.32. The number of nitrogens with one attached hydrogen (secondary N) is 1. The Morgan fingerprint density at radius 1 is 1.62 bits per heavy atom. The van der Waals surface area contributed by atoms with Gasteiger partial charge in [-0.1, -0.05) is 13.8 Å². The van der Waals surface area contributed by atoms with Crippen LogP contribution < -0.4 is 11.1 Å². The quantitative estimate of drug-likeness (QED) is 0.772. The highest BCUT2D eigenvalue weighted by atomic mass is 32.2. The zero-order valence-electron chi connectivity index (χ0n) is 10.6. The van der Waals surface area contributed by atoms with E-state index in [4.69, 9.17) is 5.73 Å². The summed E-state index contributed by atoms with van der Waals surface area (Å²) in [4.78, 5) is 12.0. The summed E-state index contributed by atoms with van der Waals surface area (Å²) < 4.78 is 0. The van der Waals surface area contributed by atoms with E-state index in [9.17, 15) is 4.79 Å². The molecule has 4 heteroatoms. The van der Waals surface area contributed by atoms with Crippen molar-refractivity contribution < 1.29 is 4.79 Å². The first-order valence-electron chi connectivity index (χ1n) is 6.06. The summed E-state index contributed by atoms with van der Waals surface area (Å²) >= 11 is 1.87. The van der Waals surface area contributed by atoms with Gasteiger partial charge in [-0.25, -0.2) is 0 Å². The average molecular weight is 244 g/mol. The third-order valence-corrected chi connectivity index (χ3v) is 4.20. The highest BCUT2D eigenvalue weighted by Gasteiger charge is 2.30. The first kappa shape index (κ1) is 13.8. The second-order valence-corrected chi connectivity index (χ2v) is 6.56. The number of rotatable bonds is 5. The fourth-order valence-corrected chi connectivity index (χ4v) is 3.45. The van der Waals surface area contributed by atoms with Crippen LogP contribution >= 0.6 is 11.8 Å². The largest absolute Gasteiger partial charge is 0.349 e. The molecule has 0 saturated carbocycles. The molecule has 1 fully saturated rings. The van der Waals surface area contributed by atoms with Crippen LogP contribution in [0.2, 0.25) is 0 Å². The Morgan fingerprint density at radius 3 is 2.75 bits per heavy atom. The lowest BCUT2D eigenvalue weighted by molar-refractivity contribution is -0.126. The van der Waals surface area contributed by atoms with E-state index in [2.05, 4.69) is 19.2 Å². The molecule has 0 aromatic carbocycles. The van der Waals surface area contributed by atoms with Gasteiger partial charge in [-0.15, -0.1) is 0 Å². The number of carbonyl (C=O) groups is 1. The summed E-state index contributed by atoms with van der Waals surface area (Å²) in [6.07, 6.45) is 1.95. The van der Waals surface area contributed by atoms with Gasteiger partial charge in [-0.05, 0) is 31.4 Å². The summed E-state index contributed by atoms with van der Waals surface area (Å²) in [6, 6.07) is 0. The first-order valence-corrected chi connectivity index (χ1v) is 7.22. The van der Waals surface area contributed by atoms with E-state index in [0.717, 1.165) is 24.3 Å². The van der Waals surface area contributed by atoms with Crippen molar-refractivity contribution in [2.45, 2.75) is 39.2 Å². The van der Waals surface area contributed by atoms with Gasteiger partial charge in [0.05, 0.1) is 0 Å². The third kappa shape index (κ3) is 3.98. The van der Waals surface area contributed by atoms with Crippen LogP contribution in [0.1, 0.15) is 33.6 Å². The normalized spacial score (nSPS) is 24.4. The van der Waals surface area contributed by atoms with Gasteiger partial charge < -0.3 is 11.1 Å². The maximum Gasteiger partial charge on any atom is 0.224 e. The highest BCUT2D eigenvalue weighted by Crippen LogP contribution is 2.25. The molecule has 3 N–H and O–H groups in total. The second-order valence-electron chi connectivity index (χ2n) is 5.41. The molecule has 1 aliphatic rings. The van der Waals surface area contributed by atoms with Crippen molar-refractivity contribution in [2.24, 2.45) is 17.6 Å². The molecule has 0 spiro atoms. The van der Waals surface area contributed by atoms with E-state index in [1.165, 1.54) is 0 Å². The molecule has 1 saturated heterocycles. The van der Waals surface area contributed by atoms with E-state index < -0.39 is 0 Å². The van der Waals surface area contributed by atoms with Crippen molar-refractivity contribution in [3.63, 3.8) is 0 Å². The third-order valence-electron chi connectivity index (χ3n) is 3.03. The number of carbonyl (C=O) groups excluding carboxylic acids is 1. The summed E-state index contributed by atoms with van der Waals surface area (Å²) in [5, 5.41) is 3.14. The van der Waals surface area contributed by atoms with Crippen LogP contribution in [0.25, 0.3) is 0 Å². The van der Waals surface area contributed by atoms with E-state index >= 15 is 0 Å². The molecule has 1 heterocycles. The minimum atomic E-state index is -0.238. The summed E-state index contributed by atoms with van der Waals surface area (Å²) in [5.41, 5.74) is 5.54. The lowest BCUT2D eigenvalue weighted by atomic mass is 9.90. The summed E-state index contributed by atoms with van der Waals surface area (Å²) in [5.74, 6) is 3.02. The Balaban J connectivity index is 2.50. The summed E-state index contributed by atoms with van der Waals surface area (Å²) in [6.45, 7) is 6.88. The highest BCUT2D eigenvalue weighted by molar-refractivity contribution is 7.99. The summed E-state index contributed by atoms with van der Waals surface area (Å²) in [7, 11) is 0. The molecular weight excluding hydrogens is 220 g/mol. The van der Waals surface area contributed by atoms with Gasteiger partial charge in [0, 0.05) is 23.8 Å².